The van der Waals surface area contributed by atoms with Crippen molar-refractivity contribution >= 4 is 5.97 Å². The Kier molecular flexibility index (Phi) is 3.86. The number of carboxylic acid groups (broad SMARTS) is 1. The summed E-state index contributed by atoms with van der Waals surface area (Å²) in [5.74, 6) is -0.431. The van der Waals surface area contributed by atoms with Gasteiger partial charge in [-0.05, 0) is 17.0 Å². The molecule has 0 radical (unpaired) electrons. The summed E-state index contributed by atoms with van der Waals surface area (Å²) in [7, 11) is 0. The van der Waals surface area contributed by atoms with Crippen molar-refractivity contribution in [1.29, 1.82) is 0 Å². The largest absolute Gasteiger partial charge is 0.481 e. The van der Waals surface area contributed by atoms with Gasteiger partial charge in [0.15, 0.2) is 0 Å². The summed E-state index contributed by atoms with van der Waals surface area (Å²) in [6, 6.07) is 7.40. The fourth-order valence-corrected chi connectivity index (χ4v) is 1.45. The second-order valence-electron chi connectivity index (χ2n) is 4.03. The summed E-state index contributed by atoms with van der Waals surface area (Å²) < 4.78 is 0. The first-order chi connectivity index (χ1) is 7.00. The first-order valence-electron chi connectivity index (χ1n) is 5.08. The average Bonchev–Trinajstić information content (AvgIpc) is 2.17. The maximum absolute atomic E-state index is 10.5. The third kappa shape index (κ3) is 3.36. The zero-order valence-electron chi connectivity index (χ0n) is 9.10. The Balaban J connectivity index is 2.85. The molecule has 0 aliphatic carbocycles. The van der Waals surface area contributed by atoms with Gasteiger partial charge in [0.05, 0.1) is 6.42 Å². The minimum absolute atomic E-state index is 0.0262. The van der Waals surface area contributed by atoms with Gasteiger partial charge in [-0.15, -0.1) is 0 Å². The van der Waals surface area contributed by atoms with Crippen LogP contribution in [0.15, 0.2) is 24.3 Å². The summed E-state index contributed by atoms with van der Waals surface area (Å²) in [6.45, 7) is 4.20. The molecule has 3 heteroatoms. The minimum atomic E-state index is -0.863. The molecule has 0 aromatic heterocycles. The number of carbonyl (C=O) groups is 1. The van der Waals surface area contributed by atoms with E-state index in [4.69, 9.17) is 10.8 Å². The lowest BCUT2D eigenvalue weighted by atomic mass is 9.97. The van der Waals surface area contributed by atoms with Crippen LogP contribution in [0, 0.1) is 0 Å². The third-order valence-electron chi connectivity index (χ3n) is 2.40. The van der Waals surface area contributed by atoms with Gasteiger partial charge in [-0.1, -0.05) is 38.1 Å². The number of hydrogen-bond acceptors (Lipinski definition) is 2. The van der Waals surface area contributed by atoms with E-state index in [1.807, 2.05) is 24.3 Å². The Bertz CT molecular complexity index is 347. The van der Waals surface area contributed by atoms with Gasteiger partial charge in [-0.2, -0.15) is 0 Å². The fraction of sp³-hybridized carbons (Fsp3) is 0.417. The average molecular weight is 207 g/mol. The van der Waals surface area contributed by atoms with Gasteiger partial charge in [-0.3, -0.25) is 4.79 Å². The standard InChI is InChI=1S/C12H17NO2/c1-8(2)9-4-3-5-10(6-9)11(13)7-12(14)15/h3-6,8,11H,7,13H2,1-2H3,(H,14,15). The second kappa shape index (κ2) is 4.94. The van der Waals surface area contributed by atoms with Crippen molar-refractivity contribution in [1.82, 2.24) is 0 Å². The van der Waals surface area contributed by atoms with Gasteiger partial charge in [0.25, 0.3) is 0 Å². The van der Waals surface area contributed by atoms with Gasteiger partial charge >= 0.3 is 5.97 Å². The maximum Gasteiger partial charge on any atom is 0.305 e. The molecule has 82 valence electrons. The molecule has 1 atom stereocenters. The molecule has 0 spiro atoms. The summed E-state index contributed by atoms with van der Waals surface area (Å²) in [6.07, 6.45) is -0.0262. The van der Waals surface area contributed by atoms with Crippen LogP contribution in [0.5, 0.6) is 0 Å². The van der Waals surface area contributed by atoms with Crippen molar-refractivity contribution in [2.24, 2.45) is 5.73 Å². The zero-order chi connectivity index (χ0) is 11.4. The minimum Gasteiger partial charge on any atom is -0.481 e. The van der Waals surface area contributed by atoms with Crippen LogP contribution in [0.1, 0.15) is 43.4 Å². The van der Waals surface area contributed by atoms with Crippen molar-refractivity contribution < 1.29 is 9.90 Å². The van der Waals surface area contributed by atoms with Crippen LogP contribution in [-0.4, -0.2) is 11.1 Å². The normalized spacial score (nSPS) is 12.8. The summed E-state index contributed by atoms with van der Waals surface area (Å²) in [5.41, 5.74) is 7.86. The SMILES string of the molecule is CC(C)c1cccc(C(N)CC(=O)O)c1. The molecule has 1 rings (SSSR count). The molecule has 15 heavy (non-hydrogen) atoms. The third-order valence-corrected chi connectivity index (χ3v) is 2.40. The van der Waals surface area contributed by atoms with Crippen LogP contribution >= 0.6 is 0 Å². The molecule has 1 aromatic carbocycles. The highest BCUT2D eigenvalue weighted by Gasteiger charge is 2.11. The van der Waals surface area contributed by atoms with Gasteiger partial charge < -0.3 is 10.8 Å². The molecule has 0 fully saturated rings. The monoisotopic (exact) mass is 207 g/mol. The van der Waals surface area contributed by atoms with E-state index in [2.05, 4.69) is 13.8 Å². The number of benzene rings is 1. The summed E-state index contributed by atoms with van der Waals surface area (Å²) in [5, 5.41) is 8.64. The number of hydrogen-bond donors (Lipinski definition) is 2. The van der Waals surface area contributed by atoms with Crippen LogP contribution in [0.2, 0.25) is 0 Å². The van der Waals surface area contributed by atoms with Crippen LogP contribution in [0.25, 0.3) is 0 Å². The molecule has 0 amide bonds. The van der Waals surface area contributed by atoms with E-state index in [9.17, 15) is 4.79 Å². The second-order valence-corrected chi connectivity index (χ2v) is 4.03. The molecule has 0 aliphatic rings. The van der Waals surface area contributed by atoms with Crippen LogP contribution in [0.3, 0.4) is 0 Å². The van der Waals surface area contributed by atoms with E-state index in [-0.39, 0.29) is 6.42 Å². The van der Waals surface area contributed by atoms with Gasteiger partial charge in [-0.25, -0.2) is 0 Å². The van der Waals surface area contributed by atoms with Crippen molar-refractivity contribution in [3.05, 3.63) is 35.4 Å². The molecular weight excluding hydrogens is 190 g/mol. The zero-order valence-corrected chi connectivity index (χ0v) is 9.10. The van der Waals surface area contributed by atoms with E-state index in [1.165, 1.54) is 5.56 Å². The smallest absolute Gasteiger partial charge is 0.305 e. The lowest BCUT2D eigenvalue weighted by molar-refractivity contribution is -0.137. The number of rotatable bonds is 4. The highest BCUT2D eigenvalue weighted by molar-refractivity contribution is 5.67. The topological polar surface area (TPSA) is 63.3 Å². The van der Waals surface area contributed by atoms with Gasteiger partial charge in [0.1, 0.15) is 0 Å². The molecule has 0 heterocycles. The van der Waals surface area contributed by atoms with Crippen LogP contribution < -0.4 is 5.73 Å². The quantitative estimate of drug-likeness (QED) is 0.796. The first kappa shape index (κ1) is 11.7. The molecule has 0 aliphatic heterocycles. The number of aliphatic carboxylic acids is 1. The highest BCUT2D eigenvalue weighted by Crippen LogP contribution is 2.20. The van der Waals surface area contributed by atoms with E-state index in [1.54, 1.807) is 0 Å². The lowest BCUT2D eigenvalue weighted by Gasteiger charge is -2.12. The fourth-order valence-electron chi connectivity index (χ4n) is 1.45. The van der Waals surface area contributed by atoms with Crippen LogP contribution in [-0.2, 0) is 4.79 Å². The molecule has 1 unspecified atom stereocenters. The Morgan fingerprint density at radius 3 is 2.53 bits per heavy atom. The Labute approximate surface area is 89.9 Å². The Morgan fingerprint density at radius 1 is 1.40 bits per heavy atom. The number of carboxylic acids is 1. The van der Waals surface area contributed by atoms with Crippen molar-refractivity contribution in [3.8, 4) is 0 Å². The molecule has 3 N–H and O–H groups in total. The summed E-state index contributed by atoms with van der Waals surface area (Å²) in [4.78, 5) is 10.5. The molecular formula is C12H17NO2. The van der Waals surface area contributed by atoms with E-state index >= 15 is 0 Å². The molecule has 3 nitrogen and oxygen atoms in total. The van der Waals surface area contributed by atoms with Crippen LogP contribution in [0.4, 0.5) is 0 Å². The van der Waals surface area contributed by atoms with Crippen molar-refractivity contribution in [3.63, 3.8) is 0 Å². The van der Waals surface area contributed by atoms with Crippen molar-refractivity contribution in [2.75, 3.05) is 0 Å². The number of nitrogens with two attached hydrogens (primary N) is 1. The van der Waals surface area contributed by atoms with E-state index in [0.717, 1.165) is 5.56 Å². The van der Waals surface area contributed by atoms with Crippen molar-refractivity contribution in [2.45, 2.75) is 32.2 Å². The molecule has 0 saturated carbocycles. The predicted molar refractivity (Wildman–Crippen MR) is 59.7 cm³/mol. The molecule has 0 bridgehead atoms. The Morgan fingerprint density at radius 2 is 2.00 bits per heavy atom. The highest BCUT2D eigenvalue weighted by atomic mass is 16.4. The van der Waals surface area contributed by atoms with E-state index < -0.39 is 12.0 Å². The van der Waals surface area contributed by atoms with Gasteiger partial charge in [0.2, 0.25) is 0 Å². The van der Waals surface area contributed by atoms with Gasteiger partial charge in [0, 0.05) is 6.04 Å². The predicted octanol–water partition coefficient (Wildman–Crippen LogP) is 2.28. The first-order valence-corrected chi connectivity index (χ1v) is 5.08. The van der Waals surface area contributed by atoms with E-state index in [0.29, 0.717) is 5.92 Å². The maximum atomic E-state index is 10.5. The Hall–Kier alpha value is -1.35. The molecule has 0 saturated heterocycles. The lowest BCUT2D eigenvalue weighted by Crippen LogP contribution is -2.15. The summed E-state index contributed by atoms with van der Waals surface area (Å²) >= 11 is 0. The molecule has 1 aromatic rings.